The quantitative estimate of drug-likeness (QED) is 0.866. The minimum absolute atomic E-state index is 0.0251. The predicted molar refractivity (Wildman–Crippen MR) is 84.6 cm³/mol. The van der Waals surface area contributed by atoms with Crippen molar-refractivity contribution < 1.29 is 24.2 Å². The summed E-state index contributed by atoms with van der Waals surface area (Å²) < 4.78 is 10.4. The molecular formula is C17H23NO5. The number of hydrogen-bond donors (Lipinski definition) is 1. The third-order valence-electron chi connectivity index (χ3n) is 4.12. The maximum atomic E-state index is 12.5. The zero-order valence-electron chi connectivity index (χ0n) is 13.5. The van der Waals surface area contributed by atoms with Crippen LogP contribution in [0.25, 0.3) is 0 Å². The molecular weight excluding hydrogens is 298 g/mol. The summed E-state index contributed by atoms with van der Waals surface area (Å²) in [4.78, 5) is 25.1. The fourth-order valence-electron chi connectivity index (χ4n) is 2.78. The summed E-state index contributed by atoms with van der Waals surface area (Å²) in [5, 5.41) is 8.97. The van der Waals surface area contributed by atoms with Gasteiger partial charge in [0, 0.05) is 13.0 Å². The van der Waals surface area contributed by atoms with Gasteiger partial charge in [-0.3, -0.25) is 9.59 Å². The number of ether oxygens (including phenoxy) is 2. The molecule has 2 rings (SSSR count). The van der Waals surface area contributed by atoms with E-state index in [2.05, 4.69) is 0 Å². The zero-order valence-corrected chi connectivity index (χ0v) is 13.5. The number of rotatable bonds is 6. The fraction of sp³-hybridized carbons (Fsp3) is 0.529. The maximum Gasteiger partial charge on any atom is 0.305 e. The number of carbonyl (C=O) groups excluding carboxylic acids is 1. The van der Waals surface area contributed by atoms with Gasteiger partial charge in [-0.1, -0.05) is 19.1 Å². The molecule has 23 heavy (non-hydrogen) atoms. The second kappa shape index (κ2) is 7.97. The zero-order chi connectivity index (χ0) is 16.8. The molecule has 1 heterocycles. The van der Waals surface area contributed by atoms with Crippen molar-refractivity contribution >= 4 is 11.9 Å². The molecule has 1 aliphatic heterocycles. The highest BCUT2D eigenvalue weighted by atomic mass is 16.5. The van der Waals surface area contributed by atoms with Crippen LogP contribution in [0.5, 0.6) is 5.75 Å². The molecule has 1 aliphatic rings. The molecule has 1 fully saturated rings. The molecule has 2 atom stereocenters. The Morgan fingerprint density at radius 1 is 1.39 bits per heavy atom. The first-order valence-electron chi connectivity index (χ1n) is 7.74. The number of hydrogen-bond acceptors (Lipinski definition) is 4. The van der Waals surface area contributed by atoms with Crippen LogP contribution in [0.15, 0.2) is 24.3 Å². The van der Waals surface area contributed by atoms with Crippen LogP contribution in [0.4, 0.5) is 0 Å². The highest BCUT2D eigenvalue weighted by molar-refractivity contribution is 5.78. The predicted octanol–water partition coefficient (Wildman–Crippen LogP) is 1.89. The smallest absolute Gasteiger partial charge is 0.305 e. The first-order valence-corrected chi connectivity index (χ1v) is 7.74. The summed E-state index contributed by atoms with van der Waals surface area (Å²) in [6.07, 6.45) is 0.269. The Morgan fingerprint density at radius 2 is 2.09 bits per heavy atom. The minimum atomic E-state index is -0.915. The molecule has 6 nitrogen and oxygen atoms in total. The van der Waals surface area contributed by atoms with E-state index >= 15 is 0 Å². The lowest BCUT2D eigenvalue weighted by molar-refractivity contribution is -0.146. The van der Waals surface area contributed by atoms with E-state index < -0.39 is 5.97 Å². The van der Waals surface area contributed by atoms with E-state index in [1.807, 2.05) is 31.2 Å². The van der Waals surface area contributed by atoms with Gasteiger partial charge in [-0.15, -0.1) is 0 Å². The van der Waals surface area contributed by atoms with Gasteiger partial charge in [0.15, 0.2) is 0 Å². The van der Waals surface area contributed by atoms with Gasteiger partial charge in [0.05, 0.1) is 32.8 Å². The van der Waals surface area contributed by atoms with Crippen LogP contribution in [0.3, 0.4) is 0 Å². The van der Waals surface area contributed by atoms with Crippen LogP contribution in [0, 0.1) is 0 Å². The van der Waals surface area contributed by atoms with E-state index in [-0.39, 0.29) is 30.9 Å². The average molecular weight is 321 g/mol. The number of carboxylic acid groups (broad SMARTS) is 1. The van der Waals surface area contributed by atoms with E-state index in [1.165, 1.54) is 0 Å². The van der Waals surface area contributed by atoms with Crippen molar-refractivity contribution in [1.82, 2.24) is 4.90 Å². The SMILES string of the molecule is COc1ccc(C(C)CC(=O)N2CCOCC2CC(=O)O)cc1. The van der Waals surface area contributed by atoms with E-state index in [4.69, 9.17) is 14.6 Å². The molecule has 0 saturated carbocycles. The van der Waals surface area contributed by atoms with Crippen molar-refractivity contribution in [1.29, 1.82) is 0 Å². The van der Waals surface area contributed by atoms with Crippen molar-refractivity contribution in [2.45, 2.75) is 31.7 Å². The van der Waals surface area contributed by atoms with Crippen molar-refractivity contribution in [3.63, 3.8) is 0 Å². The van der Waals surface area contributed by atoms with Crippen LogP contribution in [0.2, 0.25) is 0 Å². The third-order valence-corrected chi connectivity index (χ3v) is 4.12. The first kappa shape index (κ1) is 17.3. The van der Waals surface area contributed by atoms with Gasteiger partial charge in [0.25, 0.3) is 0 Å². The van der Waals surface area contributed by atoms with E-state index in [9.17, 15) is 9.59 Å². The Balaban J connectivity index is 1.99. The molecule has 2 unspecified atom stereocenters. The second-order valence-corrected chi connectivity index (χ2v) is 5.79. The standard InChI is InChI=1S/C17H23NO5/c1-12(13-3-5-15(22-2)6-4-13)9-16(19)18-7-8-23-11-14(18)10-17(20)21/h3-6,12,14H,7-11H2,1-2H3,(H,20,21). The summed E-state index contributed by atoms with van der Waals surface area (Å²) in [6, 6.07) is 7.27. The molecule has 0 aromatic heterocycles. The number of methoxy groups -OCH3 is 1. The largest absolute Gasteiger partial charge is 0.497 e. The molecule has 1 aromatic carbocycles. The van der Waals surface area contributed by atoms with Crippen molar-refractivity contribution in [3.05, 3.63) is 29.8 Å². The van der Waals surface area contributed by atoms with Gasteiger partial charge in [-0.2, -0.15) is 0 Å². The maximum absolute atomic E-state index is 12.5. The molecule has 0 aliphatic carbocycles. The number of benzene rings is 1. The van der Waals surface area contributed by atoms with Gasteiger partial charge in [-0.25, -0.2) is 0 Å². The van der Waals surface area contributed by atoms with Crippen LogP contribution in [-0.4, -0.2) is 54.8 Å². The molecule has 1 amide bonds. The summed E-state index contributed by atoms with van der Waals surface area (Å²) in [5.41, 5.74) is 1.06. The topological polar surface area (TPSA) is 76.1 Å². The number of amides is 1. The Morgan fingerprint density at radius 3 is 2.70 bits per heavy atom. The summed E-state index contributed by atoms with van der Waals surface area (Å²) >= 11 is 0. The summed E-state index contributed by atoms with van der Waals surface area (Å²) in [6.45, 7) is 3.19. The van der Waals surface area contributed by atoms with Gasteiger partial charge < -0.3 is 19.5 Å². The van der Waals surface area contributed by atoms with Crippen molar-refractivity contribution in [2.75, 3.05) is 26.9 Å². The number of carbonyl (C=O) groups is 2. The normalized spacial score (nSPS) is 19.2. The molecule has 126 valence electrons. The first-order chi connectivity index (χ1) is 11.0. The van der Waals surface area contributed by atoms with Crippen molar-refractivity contribution in [2.24, 2.45) is 0 Å². The summed E-state index contributed by atoms with van der Waals surface area (Å²) in [7, 11) is 1.61. The lowest BCUT2D eigenvalue weighted by atomic mass is 9.96. The Labute approximate surface area is 136 Å². The van der Waals surface area contributed by atoms with Crippen LogP contribution < -0.4 is 4.74 Å². The Kier molecular flexibility index (Phi) is 5.98. The van der Waals surface area contributed by atoms with Crippen LogP contribution in [-0.2, 0) is 14.3 Å². The highest BCUT2D eigenvalue weighted by Crippen LogP contribution is 2.24. The second-order valence-electron chi connectivity index (χ2n) is 5.79. The van der Waals surface area contributed by atoms with Gasteiger partial charge >= 0.3 is 5.97 Å². The molecule has 1 N–H and O–H groups in total. The lowest BCUT2D eigenvalue weighted by Crippen LogP contribution is -2.49. The molecule has 6 heteroatoms. The Hall–Kier alpha value is -2.08. The average Bonchev–Trinajstić information content (AvgIpc) is 2.54. The number of morpholine rings is 1. The third kappa shape index (κ3) is 4.69. The Bertz CT molecular complexity index is 542. The highest BCUT2D eigenvalue weighted by Gasteiger charge is 2.29. The van der Waals surface area contributed by atoms with Crippen LogP contribution >= 0.6 is 0 Å². The number of aliphatic carboxylic acids is 1. The molecule has 0 spiro atoms. The summed E-state index contributed by atoms with van der Waals surface area (Å²) in [5.74, 6) is -0.104. The monoisotopic (exact) mass is 321 g/mol. The van der Waals surface area contributed by atoms with Gasteiger partial charge in [-0.05, 0) is 23.6 Å². The fourth-order valence-corrected chi connectivity index (χ4v) is 2.78. The van der Waals surface area contributed by atoms with E-state index in [1.54, 1.807) is 12.0 Å². The van der Waals surface area contributed by atoms with E-state index in [0.29, 0.717) is 19.6 Å². The number of carboxylic acids is 1. The molecule has 0 bridgehead atoms. The van der Waals surface area contributed by atoms with Gasteiger partial charge in [0.2, 0.25) is 5.91 Å². The number of nitrogens with zero attached hydrogens (tertiary/aromatic N) is 1. The molecule has 1 aromatic rings. The molecule has 1 saturated heterocycles. The van der Waals surface area contributed by atoms with Gasteiger partial charge in [0.1, 0.15) is 5.75 Å². The van der Waals surface area contributed by atoms with Crippen molar-refractivity contribution in [3.8, 4) is 5.75 Å². The lowest BCUT2D eigenvalue weighted by Gasteiger charge is -2.35. The van der Waals surface area contributed by atoms with E-state index in [0.717, 1.165) is 11.3 Å². The van der Waals surface area contributed by atoms with Crippen LogP contribution in [0.1, 0.15) is 31.2 Å². The minimum Gasteiger partial charge on any atom is -0.497 e. The molecule has 0 radical (unpaired) electrons.